The van der Waals surface area contributed by atoms with Crippen LogP contribution in [0, 0.1) is 6.92 Å². The van der Waals surface area contributed by atoms with Crippen molar-refractivity contribution in [1.82, 2.24) is 4.90 Å². The number of halogens is 2. The fraction of sp³-hybridized carbons (Fsp3) is 0.435. The van der Waals surface area contributed by atoms with Gasteiger partial charge in [0, 0.05) is 25.0 Å². The smallest absolute Gasteiger partial charge is 0.410 e. The molecule has 1 heterocycles. The second-order valence-corrected chi connectivity index (χ2v) is 11.2. The molecule has 2 aromatic rings. The van der Waals surface area contributed by atoms with Crippen LogP contribution in [0.2, 0.25) is 10.0 Å². The molecule has 0 unspecified atom stereocenters. The van der Waals surface area contributed by atoms with Crippen molar-refractivity contribution in [2.24, 2.45) is 5.73 Å². The van der Waals surface area contributed by atoms with E-state index >= 15 is 0 Å². The molecule has 0 radical (unpaired) electrons. The Bertz CT molecular complexity index is 1070. The lowest BCUT2D eigenvalue weighted by molar-refractivity contribution is 0.0186. The van der Waals surface area contributed by atoms with E-state index in [2.05, 4.69) is 0 Å². The average molecular weight is 517 g/mol. The van der Waals surface area contributed by atoms with Gasteiger partial charge in [0.25, 0.3) is 10.1 Å². The lowest BCUT2D eigenvalue weighted by Crippen LogP contribution is -2.49. The molecule has 3 rings (SSSR count). The highest BCUT2D eigenvalue weighted by Gasteiger charge is 2.32. The zero-order valence-corrected chi connectivity index (χ0v) is 21.4. The number of carbonyl (C=O) groups is 1. The summed E-state index contributed by atoms with van der Waals surface area (Å²) >= 11 is 12.0. The van der Waals surface area contributed by atoms with E-state index in [1.165, 1.54) is 12.1 Å². The Labute approximate surface area is 205 Å². The number of benzene rings is 2. The predicted molar refractivity (Wildman–Crippen MR) is 131 cm³/mol. The zero-order valence-electron chi connectivity index (χ0n) is 19.1. The molecule has 10 heteroatoms. The van der Waals surface area contributed by atoms with Gasteiger partial charge in [-0.15, -0.1) is 0 Å². The minimum Gasteiger partial charge on any atom is -0.444 e. The number of nitrogens with two attached hydrogens (primary N) is 1. The number of aryl methyl sites for hydroxylation is 1. The SMILES string of the molecule is CC(C)(C)OC(=O)N1CC[C@@H](N)[C@H](c2ccc(Cl)c(Cl)c2)C1.Cc1ccc(S(=O)(=O)O)cc1. The van der Waals surface area contributed by atoms with Crippen molar-refractivity contribution in [1.29, 1.82) is 0 Å². The van der Waals surface area contributed by atoms with Gasteiger partial charge < -0.3 is 15.4 Å². The fourth-order valence-electron chi connectivity index (χ4n) is 3.27. The molecule has 0 saturated carbocycles. The first-order valence-electron chi connectivity index (χ1n) is 10.4. The van der Waals surface area contributed by atoms with Gasteiger partial charge in [-0.05, 0) is 63.9 Å². The monoisotopic (exact) mass is 516 g/mol. The van der Waals surface area contributed by atoms with Gasteiger partial charge in [-0.3, -0.25) is 4.55 Å². The largest absolute Gasteiger partial charge is 0.444 e. The summed E-state index contributed by atoms with van der Waals surface area (Å²) in [4.78, 5) is 13.9. The number of nitrogens with zero attached hydrogens (tertiary/aromatic N) is 1. The molecule has 2 aromatic carbocycles. The first-order valence-corrected chi connectivity index (χ1v) is 12.6. The lowest BCUT2D eigenvalue weighted by atomic mass is 9.87. The van der Waals surface area contributed by atoms with Gasteiger partial charge in [-0.2, -0.15) is 8.42 Å². The highest BCUT2D eigenvalue weighted by molar-refractivity contribution is 7.85. The van der Waals surface area contributed by atoms with Gasteiger partial charge in [-0.25, -0.2) is 4.79 Å². The van der Waals surface area contributed by atoms with Crippen molar-refractivity contribution >= 4 is 39.4 Å². The molecule has 7 nitrogen and oxygen atoms in total. The van der Waals surface area contributed by atoms with Crippen molar-refractivity contribution in [3.63, 3.8) is 0 Å². The highest BCUT2D eigenvalue weighted by Crippen LogP contribution is 2.31. The highest BCUT2D eigenvalue weighted by atomic mass is 35.5. The third-order valence-corrected chi connectivity index (χ3v) is 6.62. The van der Waals surface area contributed by atoms with Crippen LogP contribution in [0.3, 0.4) is 0 Å². The van der Waals surface area contributed by atoms with Crippen molar-refractivity contribution in [3.05, 3.63) is 63.6 Å². The first kappa shape index (κ1) is 27.4. The van der Waals surface area contributed by atoms with Crippen LogP contribution >= 0.6 is 23.2 Å². The number of hydrogen-bond acceptors (Lipinski definition) is 5. The van der Waals surface area contributed by atoms with Crippen LogP contribution in [0.5, 0.6) is 0 Å². The third-order valence-electron chi connectivity index (χ3n) is 5.01. The summed E-state index contributed by atoms with van der Waals surface area (Å²) < 4.78 is 35.0. The summed E-state index contributed by atoms with van der Waals surface area (Å²) in [5.74, 6) is 0.0241. The first-order chi connectivity index (χ1) is 15.2. The summed E-state index contributed by atoms with van der Waals surface area (Å²) in [5, 5.41) is 1.01. The van der Waals surface area contributed by atoms with Gasteiger partial charge in [0.1, 0.15) is 5.60 Å². The van der Waals surface area contributed by atoms with E-state index in [0.717, 1.165) is 17.5 Å². The maximum absolute atomic E-state index is 12.2. The minimum atomic E-state index is -4.02. The maximum atomic E-state index is 12.2. The second-order valence-electron chi connectivity index (χ2n) is 8.95. The van der Waals surface area contributed by atoms with Crippen molar-refractivity contribution in [3.8, 4) is 0 Å². The summed E-state index contributed by atoms with van der Waals surface area (Å²) in [5.41, 5.74) is 7.68. The van der Waals surface area contributed by atoms with E-state index in [-0.39, 0.29) is 22.9 Å². The molecular formula is C23H30Cl2N2O5S. The Morgan fingerprint density at radius 2 is 1.73 bits per heavy atom. The van der Waals surface area contributed by atoms with E-state index in [9.17, 15) is 13.2 Å². The Balaban J connectivity index is 0.000000294. The normalized spacial score (nSPS) is 18.8. The zero-order chi connectivity index (χ0) is 25.0. The predicted octanol–water partition coefficient (Wildman–Crippen LogP) is 5.29. The van der Waals surface area contributed by atoms with Gasteiger partial charge >= 0.3 is 6.09 Å². The second kappa shape index (κ2) is 11.1. The molecule has 1 aliphatic heterocycles. The van der Waals surface area contributed by atoms with Gasteiger partial charge in [-0.1, -0.05) is 47.0 Å². The van der Waals surface area contributed by atoms with E-state index in [4.69, 9.17) is 38.2 Å². The molecule has 0 aliphatic carbocycles. The van der Waals surface area contributed by atoms with Gasteiger partial charge in [0.2, 0.25) is 0 Å². The van der Waals surface area contributed by atoms with Crippen LogP contribution in [0.25, 0.3) is 0 Å². The van der Waals surface area contributed by atoms with Crippen LogP contribution < -0.4 is 5.73 Å². The molecule has 1 aliphatic rings. The Hall–Kier alpha value is -1.84. The summed E-state index contributed by atoms with van der Waals surface area (Å²) in [6.45, 7) is 8.54. The van der Waals surface area contributed by atoms with Gasteiger partial charge in [0.15, 0.2) is 0 Å². The van der Waals surface area contributed by atoms with Crippen LogP contribution in [0.15, 0.2) is 47.4 Å². The number of likely N-dealkylation sites (tertiary alicyclic amines) is 1. The van der Waals surface area contributed by atoms with E-state index < -0.39 is 15.7 Å². The molecule has 1 amide bonds. The van der Waals surface area contributed by atoms with Crippen molar-refractivity contribution in [2.45, 2.75) is 56.6 Å². The van der Waals surface area contributed by atoms with E-state index in [1.54, 1.807) is 23.1 Å². The van der Waals surface area contributed by atoms with Crippen LogP contribution in [0.4, 0.5) is 4.79 Å². The lowest BCUT2D eigenvalue weighted by Gasteiger charge is -2.37. The number of hydrogen-bond donors (Lipinski definition) is 2. The molecule has 0 aromatic heterocycles. The third kappa shape index (κ3) is 8.46. The van der Waals surface area contributed by atoms with Crippen LogP contribution in [-0.4, -0.2) is 48.7 Å². The molecule has 1 fully saturated rings. The fourth-order valence-corrected chi connectivity index (χ4v) is 4.05. The quantitative estimate of drug-likeness (QED) is 0.524. The number of piperidine rings is 1. The maximum Gasteiger partial charge on any atom is 0.410 e. The standard InChI is InChI=1S/C16H22Cl2N2O2.C7H8O3S/c1-16(2,3)22-15(21)20-7-6-14(19)11(9-20)10-4-5-12(17)13(18)8-10;1-6-2-4-7(5-3-6)11(8,9)10/h4-5,8,11,14H,6-7,9,19H2,1-3H3;2-5H,1H3,(H,8,9,10)/t11-,14+;/m0./s1. The molecule has 1 saturated heterocycles. The van der Waals surface area contributed by atoms with E-state index in [0.29, 0.717) is 23.1 Å². The van der Waals surface area contributed by atoms with Crippen molar-refractivity contribution < 1.29 is 22.5 Å². The molecule has 0 bridgehead atoms. The summed E-state index contributed by atoms with van der Waals surface area (Å²) in [7, 11) is -4.02. The summed E-state index contributed by atoms with van der Waals surface area (Å²) in [6, 6.07) is 11.5. The van der Waals surface area contributed by atoms with Gasteiger partial charge in [0.05, 0.1) is 14.9 Å². The minimum absolute atomic E-state index is 0.0177. The Morgan fingerprint density at radius 1 is 1.12 bits per heavy atom. The topological polar surface area (TPSA) is 110 Å². The molecule has 2 atom stereocenters. The Kier molecular flexibility index (Phi) is 9.18. The summed E-state index contributed by atoms with van der Waals surface area (Å²) in [6.07, 6.45) is 0.425. The van der Waals surface area contributed by atoms with Crippen LogP contribution in [-0.2, 0) is 14.9 Å². The van der Waals surface area contributed by atoms with Crippen LogP contribution in [0.1, 0.15) is 44.2 Å². The average Bonchev–Trinajstić information content (AvgIpc) is 2.69. The van der Waals surface area contributed by atoms with Crippen molar-refractivity contribution in [2.75, 3.05) is 13.1 Å². The molecule has 3 N–H and O–H groups in total. The molecule has 182 valence electrons. The molecular weight excluding hydrogens is 487 g/mol. The number of ether oxygens (including phenoxy) is 1. The molecule has 33 heavy (non-hydrogen) atoms. The number of rotatable bonds is 2. The van der Waals surface area contributed by atoms with E-state index in [1.807, 2.05) is 39.8 Å². The number of amides is 1. The molecule has 0 spiro atoms. The Morgan fingerprint density at radius 3 is 2.24 bits per heavy atom. The number of carbonyl (C=O) groups excluding carboxylic acids is 1.